The Morgan fingerprint density at radius 1 is 1.10 bits per heavy atom. The van der Waals surface area contributed by atoms with Crippen molar-refractivity contribution in [2.24, 2.45) is 0 Å². The molecule has 20 heavy (non-hydrogen) atoms. The molecule has 0 radical (unpaired) electrons. The fourth-order valence-corrected chi connectivity index (χ4v) is 3.54. The van der Waals surface area contributed by atoms with Crippen LogP contribution >= 0.6 is 43.5 Å². The summed E-state index contributed by atoms with van der Waals surface area (Å²) in [5.41, 5.74) is 3.71. The molecule has 0 aliphatic heterocycles. The van der Waals surface area contributed by atoms with Crippen molar-refractivity contribution in [2.75, 3.05) is 0 Å². The third-order valence-electron chi connectivity index (χ3n) is 3.32. The minimum absolute atomic E-state index is 0.118. The molecule has 0 saturated heterocycles. The van der Waals surface area contributed by atoms with Gasteiger partial charge in [0.2, 0.25) is 0 Å². The van der Waals surface area contributed by atoms with Crippen LogP contribution in [-0.4, -0.2) is 0 Å². The maximum Gasteiger partial charge on any atom is 0.0659 e. The molecule has 0 heterocycles. The highest BCUT2D eigenvalue weighted by Crippen LogP contribution is 2.36. The minimum Gasteiger partial charge on any atom is -0.0840 e. The number of aryl methyl sites for hydroxylation is 1. The zero-order valence-corrected chi connectivity index (χ0v) is 15.3. The lowest BCUT2D eigenvalue weighted by molar-refractivity contribution is 0.795. The van der Waals surface area contributed by atoms with E-state index in [0.29, 0.717) is 0 Å². The second-order valence-corrected chi connectivity index (χ2v) is 7.11. The molecular formula is C17H17Br2Cl. The number of hydrogen-bond donors (Lipinski definition) is 0. The van der Waals surface area contributed by atoms with Crippen molar-refractivity contribution < 1.29 is 0 Å². The Balaban J connectivity index is 2.20. The minimum atomic E-state index is 0.118. The molecule has 1 atom stereocenters. The van der Waals surface area contributed by atoms with E-state index >= 15 is 0 Å². The van der Waals surface area contributed by atoms with Gasteiger partial charge in [0.15, 0.2) is 0 Å². The first-order valence-corrected chi connectivity index (χ1v) is 8.88. The second kappa shape index (κ2) is 7.63. The Labute approximate surface area is 142 Å². The zero-order chi connectivity index (χ0) is 14.5. The number of rotatable bonds is 5. The largest absolute Gasteiger partial charge is 0.0840 e. The van der Waals surface area contributed by atoms with Crippen LogP contribution in [0.5, 0.6) is 0 Å². The normalized spacial score (nSPS) is 12.4. The van der Waals surface area contributed by atoms with Crippen LogP contribution in [0, 0.1) is 0 Å². The molecule has 0 N–H and O–H groups in total. The summed E-state index contributed by atoms with van der Waals surface area (Å²) in [7, 11) is 0. The highest BCUT2D eigenvalue weighted by Gasteiger charge is 2.14. The highest BCUT2D eigenvalue weighted by atomic mass is 79.9. The van der Waals surface area contributed by atoms with Crippen molar-refractivity contribution in [2.45, 2.75) is 31.0 Å². The molecule has 0 aliphatic rings. The average molecular weight is 417 g/mol. The van der Waals surface area contributed by atoms with Crippen molar-refractivity contribution in [1.29, 1.82) is 0 Å². The molecule has 0 nitrogen and oxygen atoms in total. The molecule has 0 amide bonds. The standard InChI is InChI=1S/C17H17Br2Cl/c1-2-3-4-12-5-7-13(8-6-12)17(19)15-11-14(18)9-10-16(15)20/h5-11,17H,2-4H2,1H3. The first-order chi connectivity index (χ1) is 9.61. The number of benzene rings is 2. The predicted molar refractivity (Wildman–Crippen MR) is 95.0 cm³/mol. The summed E-state index contributed by atoms with van der Waals surface area (Å²) < 4.78 is 1.04. The van der Waals surface area contributed by atoms with Gasteiger partial charge in [0.05, 0.1) is 4.83 Å². The van der Waals surface area contributed by atoms with E-state index in [9.17, 15) is 0 Å². The maximum atomic E-state index is 6.29. The Hall–Kier alpha value is -0.310. The van der Waals surface area contributed by atoms with Gasteiger partial charge in [-0.15, -0.1) is 0 Å². The van der Waals surface area contributed by atoms with E-state index in [2.05, 4.69) is 69.1 Å². The van der Waals surface area contributed by atoms with E-state index < -0.39 is 0 Å². The molecule has 0 spiro atoms. The van der Waals surface area contributed by atoms with Crippen LogP contribution in [0.4, 0.5) is 0 Å². The summed E-state index contributed by atoms with van der Waals surface area (Å²) in [6.07, 6.45) is 3.63. The summed E-state index contributed by atoms with van der Waals surface area (Å²) in [4.78, 5) is 0.118. The van der Waals surface area contributed by atoms with Gasteiger partial charge < -0.3 is 0 Å². The molecule has 2 aromatic rings. The first kappa shape index (κ1) is 16.1. The fraction of sp³-hybridized carbons (Fsp3) is 0.294. The monoisotopic (exact) mass is 414 g/mol. The molecule has 106 valence electrons. The predicted octanol–water partition coefficient (Wildman–Crippen LogP) is 6.93. The summed E-state index contributed by atoms with van der Waals surface area (Å²) in [6, 6.07) is 14.7. The molecule has 3 heteroatoms. The van der Waals surface area contributed by atoms with Crippen molar-refractivity contribution in [3.05, 3.63) is 68.7 Å². The molecule has 1 unspecified atom stereocenters. The topological polar surface area (TPSA) is 0 Å². The maximum absolute atomic E-state index is 6.29. The third kappa shape index (κ3) is 4.09. The zero-order valence-electron chi connectivity index (χ0n) is 11.4. The number of hydrogen-bond acceptors (Lipinski definition) is 0. The van der Waals surface area contributed by atoms with Crippen molar-refractivity contribution in [1.82, 2.24) is 0 Å². The van der Waals surface area contributed by atoms with Gasteiger partial charge in [0.25, 0.3) is 0 Å². The molecule has 0 fully saturated rings. The van der Waals surface area contributed by atoms with E-state index in [1.165, 1.54) is 24.0 Å². The Kier molecular flexibility index (Phi) is 6.13. The van der Waals surface area contributed by atoms with Crippen LogP contribution in [0.25, 0.3) is 0 Å². The molecule has 2 aromatic carbocycles. The summed E-state index contributed by atoms with van der Waals surface area (Å²) in [5, 5.41) is 0.783. The van der Waals surface area contributed by atoms with E-state index in [4.69, 9.17) is 11.6 Å². The lowest BCUT2D eigenvalue weighted by atomic mass is 10.0. The van der Waals surface area contributed by atoms with Gasteiger partial charge in [-0.2, -0.15) is 0 Å². The van der Waals surface area contributed by atoms with E-state index in [-0.39, 0.29) is 4.83 Å². The van der Waals surface area contributed by atoms with Crippen LogP contribution in [0.3, 0.4) is 0 Å². The van der Waals surface area contributed by atoms with Gasteiger partial charge in [-0.05, 0) is 47.7 Å². The van der Waals surface area contributed by atoms with Gasteiger partial charge in [0.1, 0.15) is 0 Å². The van der Waals surface area contributed by atoms with Gasteiger partial charge >= 0.3 is 0 Å². The molecule has 0 aromatic heterocycles. The van der Waals surface area contributed by atoms with E-state index in [1.54, 1.807) is 0 Å². The average Bonchev–Trinajstić information content (AvgIpc) is 2.47. The number of alkyl halides is 1. The SMILES string of the molecule is CCCCc1ccc(C(Br)c2cc(Br)ccc2Cl)cc1. The van der Waals surface area contributed by atoms with Gasteiger partial charge in [-0.3, -0.25) is 0 Å². The molecule has 2 rings (SSSR count). The van der Waals surface area contributed by atoms with Crippen LogP contribution in [0.2, 0.25) is 5.02 Å². The third-order valence-corrected chi connectivity index (χ3v) is 5.18. The van der Waals surface area contributed by atoms with Crippen LogP contribution < -0.4 is 0 Å². The van der Waals surface area contributed by atoms with Crippen LogP contribution in [0.15, 0.2) is 46.9 Å². The smallest absolute Gasteiger partial charge is 0.0659 e. The second-order valence-electron chi connectivity index (χ2n) is 4.87. The van der Waals surface area contributed by atoms with Gasteiger partial charge in [0, 0.05) is 9.50 Å². The van der Waals surface area contributed by atoms with Crippen molar-refractivity contribution in [3.8, 4) is 0 Å². The lowest BCUT2D eigenvalue weighted by Crippen LogP contribution is -1.95. The van der Waals surface area contributed by atoms with Gasteiger partial charge in [-0.1, -0.05) is 81.1 Å². The number of unbranched alkanes of at least 4 members (excludes halogenated alkanes) is 1. The summed E-state index contributed by atoms with van der Waals surface area (Å²) in [5.74, 6) is 0. The first-order valence-electron chi connectivity index (χ1n) is 6.79. The Morgan fingerprint density at radius 2 is 1.80 bits per heavy atom. The molecule has 0 bridgehead atoms. The molecule has 0 saturated carbocycles. The van der Waals surface area contributed by atoms with Crippen LogP contribution in [-0.2, 0) is 6.42 Å². The summed E-state index contributed by atoms with van der Waals surface area (Å²) >= 11 is 13.5. The lowest BCUT2D eigenvalue weighted by Gasteiger charge is -2.13. The number of halogens is 3. The Morgan fingerprint density at radius 3 is 2.45 bits per heavy atom. The van der Waals surface area contributed by atoms with E-state index in [1.807, 2.05) is 12.1 Å². The molecular weight excluding hydrogens is 399 g/mol. The highest BCUT2D eigenvalue weighted by molar-refractivity contribution is 9.10. The van der Waals surface area contributed by atoms with E-state index in [0.717, 1.165) is 21.5 Å². The van der Waals surface area contributed by atoms with Crippen molar-refractivity contribution >= 4 is 43.5 Å². The summed E-state index contributed by atoms with van der Waals surface area (Å²) in [6.45, 7) is 2.22. The molecule has 0 aliphatic carbocycles. The van der Waals surface area contributed by atoms with Crippen LogP contribution in [0.1, 0.15) is 41.3 Å². The van der Waals surface area contributed by atoms with Gasteiger partial charge in [-0.25, -0.2) is 0 Å². The van der Waals surface area contributed by atoms with Crippen molar-refractivity contribution in [3.63, 3.8) is 0 Å². The quantitative estimate of drug-likeness (QED) is 0.464. The fourth-order valence-electron chi connectivity index (χ4n) is 2.12. The Bertz CT molecular complexity index is 564.